The second-order valence-corrected chi connectivity index (χ2v) is 4.09. The van der Waals surface area contributed by atoms with Crippen LogP contribution in [-0.4, -0.2) is 42.8 Å². The number of amides is 2. The molecule has 0 bridgehead atoms. The molecule has 1 fully saturated rings. The monoisotopic (exact) mass is 298 g/mol. The SMILES string of the molecule is COC(=O)N1CC(=NNC(=O)C[n+]2ccccc2)C1.[Cl-]. The third-order valence-corrected chi connectivity index (χ3v) is 2.62. The summed E-state index contributed by atoms with van der Waals surface area (Å²) in [5.74, 6) is -0.208. The zero-order chi connectivity index (χ0) is 13.7. The van der Waals surface area contributed by atoms with E-state index in [0.29, 0.717) is 13.1 Å². The van der Waals surface area contributed by atoms with Gasteiger partial charge in [0.1, 0.15) is 0 Å². The van der Waals surface area contributed by atoms with Crippen LogP contribution >= 0.6 is 0 Å². The van der Waals surface area contributed by atoms with E-state index >= 15 is 0 Å². The third-order valence-electron chi connectivity index (χ3n) is 2.62. The highest BCUT2D eigenvalue weighted by molar-refractivity contribution is 5.98. The van der Waals surface area contributed by atoms with Crippen LogP contribution in [0.25, 0.3) is 0 Å². The van der Waals surface area contributed by atoms with Crippen LogP contribution in [0.1, 0.15) is 0 Å². The maximum absolute atomic E-state index is 11.6. The van der Waals surface area contributed by atoms with Crippen LogP contribution in [0.2, 0.25) is 0 Å². The molecular formula is C12H15ClN4O3. The summed E-state index contributed by atoms with van der Waals surface area (Å²) in [4.78, 5) is 24.1. The van der Waals surface area contributed by atoms with Crippen molar-refractivity contribution in [1.82, 2.24) is 10.3 Å². The van der Waals surface area contributed by atoms with E-state index in [0.717, 1.165) is 5.71 Å². The summed E-state index contributed by atoms with van der Waals surface area (Å²) in [7, 11) is 1.33. The Hall–Kier alpha value is -2.15. The fourth-order valence-electron chi connectivity index (χ4n) is 1.61. The Labute approximate surface area is 122 Å². The minimum atomic E-state index is -0.384. The van der Waals surface area contributed by atoms with Crippen LogP contribution < -0.4 is 22.4 Å². The number of nitrogens with zero attached hydrogens (tertiary/aromatic N) is 3. The number of halogens is 1. The van der Waals surface area contributed by atoms with Crippen LogP contribution in [0.15, 0.2) is 35.7 Å². The second kappa shape index (κ2) is 7.44. The van der Waals surface area contributed by atoms with Gasteiger partial charge in [0, 0.05) is 12.1 Å². The smallest absolute Gasteiger partial charge is 0.410 e. The molecule has 2 heterocycles. The maximum Gasteiger partial charge on any atom is 0.410 e. The normalized spacial score (nSPS) is 12.8. The van der Waals surface area contributed by atoms with Gasteiger partial charge in [-0.05, 0) is 0 Å². The quantitative estimate of drug-likeness (QED) is 0.465. The first-order valence-electron chi connectivity index (χ1n) is 5.80. The Kier molecular flexibility index (Phi) is 5.92. The van der Waals surface area contributed by atoms with E-state index in [9.17, 15) is 9.59 Å². The molecular weight excluding hydrogens is 284 g/mol. The Morgan fingerprint density at radius 2 is 2.00 bits per heavy atom. The molecule has 0 saturated carbocycles. The van der Waals surface area contributed by atoms with Crippen LogP contribution in [0, 0.1) is 0 Å². The van der Waals surface area contributed by atoms with Gasteiger partial charge in [0.25, 0.3) is 0 Å². The Morgan fingerprint density at radius 1 is 1.35 bits per heavy atom. The molecule has 0 atom stereocenters. The lowest BCUT2D eigenvalue weighted by Crippen LogP contribution is -3.00. The number of hydrogen-bond donors (Lipinski definition) is 1. The number of carbonyl (C=O) groups is 2. The molecule has 2 amide bonds. The highest BCUT2D eigenvalue weighted by Crippen LogP contribution is 2.05. The second-order valence-electron chi connectivity index (χ2n) is 4.09. The molecule has 0 radical (unpaired) electrons. The number of likely N-dealkylation sites (tertiary alicyclic amines) is 1. The molecule has 108 valence electrons. The van der Waals surface area contributed by atoms with Crippen molar-refractivity contribution in [2.24, 2.45) is 5.10 Å². The summed E-state index contributed by atoms with van der Waals surface area (Å²) < 4.78 is 6.30. The molecule has 1 N–H and O–H groups in total. The molecule has 2 rings (SSSR count). The number of hydrazone groups is 1. The zero-order valence-electron chi connectivity index (χ0n) is 11.0. The number of ether oxygens (including phenoxy) is 1. The van der Waals surface area contributed by atoms with Gasteiger partial charge < -0.3 is 17.1 Å². The summed E-state index contributed by atoms with van der Waals surface area (Å²) in [6, 6.07) is 5.57. The fraction of sp³-hybridized carbons (Fsp3) is 0.333. The van der Waals surface area contributed by atoms with E-state index in [1.807, 2.05) is 18.2 Å². The number of methoxy groups -OCH3 is 1. The number of aromatic nitrogens is 1. The molecule has 8 heteroatoms. The molecule has 1 aliphatic heterocycles. The van der Waals surface area contributed by atoms with Crippen molar-refractivity contribution >= 4 is 17.7 Å². The molecule has 7 nitrogen and oxygen atoms in total. The standard InChI is InChI=1S/C12H14N4O3.ClH/c1-19-12(18)16-7-10(8-16)13-14-11(17)9-15-5-3-2-4-6-15;/h2-6H,7-9H2,1H3;1H. The van der Waals surface area contributed by atoms with Crippen molar-refractivity contribution < 1.29 is 31.3 Å². The highest BCUT2D eigenvalue weighted by Gasteiger charge is 2.27. The predicted octanol–water partition coefficient (Wildman–Crippen LogP) is -3.47. The van der Waals surface area contributed by atoms with Crippen LogP contribution in [-0.2, 0) is 16.1 Å². The number of pyridine rings is 1. The van der Waals surface area contributed by atoms with Gasteiger partial charge in [0.2, 0.25) is 6.54 Å². The summed E-state index contributed by atoms with van der Waals surface area (Å²) in [6.07, 6.45) is 3.22. The van der Waals surface area contributed by atoms with Crippen LogP contribution in [0.5, 0.6) is 0 Å². The lowest BCUT2D eigenvalue weighted by atomic mass is 10.2. The Balaban J connectivity index is 0.00000200. The van der Waals surface area contributed by atoms with Crippen LogP contribution in [0.4, 0.5) is 4.79 Å². The Morgan fingerprint density at radius 3 is 2.60 bits per heavy atom. The first kappa shape index (κ1) is 15.9. The lowest BCUT2D eigenvalue weighted by Gasteiger charge is -2.30. The van der Waals surface area contributed by atoms with Gasteiger partial charge in [-0.15, -0.1) is 0 Å². The Bertz CT molecular complexity index is 499. The van der Waals surface area contributed by atoms with Crippen molar-refractivity contribution in [3.8, 4) is 0 Å². The largest absolute Gasteiger partial charge is 1.00 e. The van der Waals surface area contributed by atoms with Crippen molar-refractivity contribution in [3.05, 3.63) is 30.6 Å². The molecule has 1 aromatic heterocycles. The van der Waals surface area contributed by atoms with E-state index in [4.69, 9.17) is 0 Å². The summed E-state index contributed by atoms with van der Waals surface area (Å²) in [5, 5.41) is 3.95. The number of nitrogens with one attached hydrogen (secondary N) is 1. The fourth-order valence-corrected chi connectivity index (χ4v) is 1.61. The summed E-state index contributed by atoms with van der Waals surface area (Å²) in [6.45, 7) is 0.995. The van der Waals surface area contributed by atoms with Gasteiger partial charge in [-0.2, -0.15) is 9.67 Å². The van der Waals surface area contributed by atoms with E-state index in [2.05, 4.69) is 15.3 Å². The van der Waals surface area contributed by atoms with Gasteiger partial charge in [-0.3, -0.25) is 9.69 Å². The molecule has 0 unspecified atom stereocenters. The number of carbonyl (C=O) groups excluding carboxylic acids is 2. The van der Waals surface area contributed by atoms with Gasteiger partial charge in [-0.1, -0.05) is 6.07 Å². The van der Waals surface area contributed by atoms with Crippen LogP contribution in [0.3, 0.4) is 0 Å². The average molecular weight is 299 g/mol. The first-order chi connectivity index (χ1) is 9.19. The van der Waals surface area contributed by atoms with Crippen molar-refractivity contribution in [3.63, 3.8) is 0 Å². The lowest BCUT2D eigenvalue weighted by molar-refractivity contribution is -0.684. The molecule has 1 saturated heterocycles. The molecule has 20 heavy (non-hydrogen) atoms. The van der Waals surface area contributed by atoms with Gasteiger partial charge in [0.05, 0.1) is 25.9 Å². The van der Waals surface area contributed by atoms with Gasteiger partial charge >= 0.3 is 12.0 Å². The third kappa shape index (κ3) is 4.20. The van der Waals surface area contributed by atoms with E-state index in [1.54, 1.807) is 17.0 Å². The minimum absolute atomic E-state index is 0. The van der Waals surface area contributed by atoms with Gasteiger partial charge in [-0.25, -0.2) is 10.2 Å². The van der Waals surface area contributed by atoms with E-state index in [-0.39, 0.29) is 31.0 Å². The molecule has 0 spiro atoms. The molecule has 1 aliphatic rings. The molecule has 0 aliphatic carbocycles. The topological polar surface area (TPSA) is 74.9 Å². The summed E-state index contributed by atoms with van der Waals surface area (Å²) in [5.41, 5.74) is 3.21. The van der Waals surface area contributed by atoms with E-state index < -0.39 is 0 Å². The summed E-state index contributed by atoms with van der Waals surface area (Å²) >= 11 is 0. The average Bonchev–Trinajstić information content (AvgIpc) is 2.37. The highest BCUT2D eigenvalue weighted by atomic mass is 35.5. The first-order valence-corrected chi connectivity index (χ1v) is 5.80. The predicted molar refractivity (Wildman–Crippen MR) is 66.2 cm³/mol. The zero-order valence-corrected chi connectivity index (χ0v) is 11.7. The molecule has 1 aromatic rings. The maximum atomic E-state index is 11.6. The molecule has 0 aromatic carbocycles. The van der Waals surface area contributed by atoms with Gasteiger partial charge in [0.15, 0.2) is 12.4 Å². The van der Waals surface area contributed by atoms with Crippen molar-refractivity contribution in [2.45, 2.75) is 6.54 Å². The van der Waals surface area contributed by atoms with Crippen molar-refractivity contribution in [1.29, 1.82) is 0 Å². The number of rotatable bonds is 3. The van der Waals surface area contributed by atoms with E-state index in [1.165, 1.54) is 12.0 Å². The van der Waals surface area contributed by atoms with Crippen molar-refractivity contribution in [2.75, 3.05) is 20.2 Å². The minimum Gasteiger partial charge on any atom is -1.00 e. The number of hydrogen-bond acceptors (Lipinski definition) is 4.